The quantitative estimate of drug-likeness (QED) is 0.351. The predicted molar refractivity (Wildman–Crippen MR) is 157 cm³/mol. The van der Waals surface area contributed by atoms with Crippen LogP contribution in [-0.2, 0) is 26.2 Å². The number of fused-ring (bicyclic) bond motifs is 1. The predicted octanol–water partition coefficient (Wildman–Crippen LogP) is 4.43. The van der Waals surface area contributed by atoms with E-state index < -0.39 is 34.3 Å². The molecule has 3 aromatic carbocycles. The van der Waals surface area contributed by atoms with Gasteiger partial charge in [-0.3, -0.25) is 13.9 Å². The Bertz CT molecular complexity index is 1530. The van der Waals surface area contributed by atoms with Crippen molar-refractivity contribution in [3.05, 3.63) is 83.7 Å². The Balaban J connectivity index is 1.72. The molecule has 0 radical (unpaired) electrons. The first-order valence-electron chi connectivity index (χ1n) is 13.8. The molecular formula is C31H36FN3O6S. The van der Waals surface area contributed by atoms with E-state index in [2.05, 4.69) is 5.32 Å². The first-order valence-corrected chi connectivity index (χ1v) is 15.3. The first-order chi connectivity index (χ1) is 20.0. The summed E-state index contributed by atoms with van der Waals surface area (Å²) in [6, 6.07) is 15.6. The van der Waals surface area contributed by atoms with E-state index in [1.54, 1.807) is 6.92 Å². The third kappa shape index (κ3) is 7.20. The summed E-state index contributed by atoms with van der Waals surface area (Å²) in [7, 11) is -4.35. The molecule has 0 unspecified atom stereocenters. The van der Waals surface area contributed by atoms with Crippen molar-refractivity contribution >= 4 is 27.5 Å². The van der Waals surface area contributed by atoms with Gasteiger partial charge >= 0.3 is 0 Å². The second-order valence-electron chi connectivity index (χ2n) is 10.3. The lowest BCUT2D eigenvalue weighted by atomic mass is 10.1. The summed E-state index contributed by atoms with van der Waals surface area (Å²) in [6.07, 6.45) is 0.705. The van der Waals surface area contributed by atoms with Crippen LogP contribution >= 0.6 is 0 Å². The minimum Gasteiger partial charge on any atom is -0.486 e. The van der Waals surface area contributed by atoms with Gasteiger partial charge < -0.3 is 19.7 Å². The van der Waals surface area contributed by atoms with Gasteiger partial charge in [-0.15, -0.1) is 0 Å². The van der Waals surface area contributed by atoms with Gasteiger partial charge in [0.1, 0.15) is 31.6 Å². The van der Waals surface area contributed by atoms with Crippen molar-refractivity contribution in [2.75, 3.05) is 24.1 Å². The normalized spacial score (nSPS) is 14.0. The monoisotopic (exact) mass is 597 g/mol. The number of amides is 2. The molecular weight excluding hydrogens is 561 g/mol. The highest BCUT2D eigenvalue weighted by Crippen LogP contribution is 2.34. The van der Waals surface area contributed by atoms with E-state index in [0.717, 1.165) is 27.6 Å². The number of aryl methyl sites for hydroxylation is 1. The van der Waals surface area contributed by atoms with Crippen LogP contribution < -0.4 is 19.1 Å². The third-order valence-corrected chi connectivity index (χ3v) is 8.87. The van der Waals surface area contributed by atoms with Crippen LogP contribution in [0.1, 0.15) is 38.3 Å². The molecule has 0 bridgehead atoms. The van der Waals surface area contributed by atoms with E-state index >= 15 is 0 Å². The molecule has 1 aliphatic rings. The Morgan fingerprint density at radius 2 is 1.67 bits per heavy atom. The Labute approximate surface area is 246 Å². The molecule has 11 heteroatoms. The number of hydrogen-bond donors (Lipinski definition) is 1. The van der Waals surface area contributed by atoms with Crippen molar-refractivity contribution < 1.29 is 31.9 Å². The summed E-state index contributed by atoms with van der Waals surface area (Å²) in [5, 5.41) is 2.91. The number of nitrogens with zero attached hydrogens (tertiary/aromatic N) is 2. The van der Waals surface area contributed by atoms with Gasteiger partial charge in [0.2, 0.25) is 11.8 Å². The van der Waals surface area contributed by atoms with E-state index in [0.29, 0.717) is 18.8 Å². The Hall–Kier alpha value is -4.12. The topological polar surface area (TPSA) is 105 Å². The van der Waals surface area contributed by atoms with Crippen LogP contribution in [0.4, 0.5) is 10.1 Å². The van der Waals surface area contributed by atoms with E-state index in [1.165, 1.54) is 35.2 Å². The fraction of sp³-hybridized carbons (Fsp3) is 0.355. The van der Waals surface area contributed by atoms with Gasteiger partial charge in [-0.05, 0) is 69.2 Å². The molecule has 2 atom stereocenters. The van der Waals surface area contributed by atoms with Crippen LogP contribution in [0.15, 0.2) is 71.6 Å². The Morgan fingerprint density at radius 3 is 2.33 bits per heavy atom. The molecule has 0 spiro atoms. The maximum absolute atomic E-state index is 14.0. The van der Waals surface area contributed by atoms with Gasteiger partial charge in [-0.25, -0.2) is 12.8 Å². The summed E-state index contributed by atoms with van der Waals surface area (Å²) in [5.41, 5.74) is 1.85. The average molecular weight is 598 g/mol. The standard InChI is InChI=1S/C31H36FN3O6S/c1-5-22(3)33-31(37)23(4)34(19-24-8-6-7-21(2)17-24)30(36)20-35(26-11-9-25(32)10-12-26)42(38,39)27-13-14-28-29(18-27)41-16-15-40-28/h6-14,17-18,22-23H,5,15-16,19-20H2,1-4H3,(H,33,37)/t22-,23-/m1/s1. The Morgan fingerprint density at radius 1 is 0.976 bits per heavy atom. The number of halogens is 1. The molecule has 3 aromatic rings. The van der Waals surface area contributed by atoms with Gasteiger partial charge in [-0.1, -0.05) is 36.8 Å². The lowest BCUT2D eigenvalue weighted by Crippen LogP contribution is -2.52. The van der Waals surface area contributed by atoms with Crippen LogP contribution in [-0.4, -0.2) is 57.0 Å². The molecule has 1 aliphatic heterocycles. The number of anilines is 1. The zero-order chi connectivity index (χ0) is 30.4. The second-order valence-corrected chi connectivity index (χ2v) is 12.2. The Kier molecular flexibility index (Phi) is 9.72. The summed E-state index contributed by atoms with van der Waals surface area (Å²) in [4.78, 5) is 28.4. The van der Waals surface area contributed by atoms with Crippen LogP contribution in [0.2, 0.25) is 0 Å². The summed E-state index contributed by atoms with van der Waals surface area (Å²) >= 11 is 0. The number of benzene rings is 3. The van der Waals surface area contributed by atoms with E-state index in [4.69, 9.17) is 9.47 Å². The number of ether oxygens (including phenoxy) is 2. The minimum atomic E-state index is -4.35. The zero-order valence-electron chi connectivity index (χ0n) is 24.2. The molecule has 0 aromatic heterocycles. The number of sulfonamides is 1. The zero-order valence-corrected chi connectivity index (χ0v) is 25.0. The highest BCUT2D eigenvalue weighted by Gasteiger charge is 2.33. The van der Waals surface area contributed by atoms with Crippen molar-refractivity contribution in [1.82, 2.24) is 10.2 Å². The smallest absolute Gasteiger partial charge is 0.264 e. The second kappa shape index (κ2) is 13.2. The van der Waals surface area contributed by atoms with E-state index in [-0.39, 0.29) is 41.4 Å². The van der Waals surface area contributed by atoms with Crippen LogP contribution in [0.3, 0.4) is 0 Å². The van der Waals surface area contributed by atoms with Crippen LogP contribution in [0, 0.1) is 12.7 Å². The van der Waals surface area contributed by atoms with Gasteiger partial charge in [0.05, 0.1) is 10.6 Å². The fourth-order valence-electron chi connectivity index (χ4n) is 4.50. The largest absolute Gasteiger partial charge is 0.486 e. The van der Waals surface area contributed by atoms with Gasteiger partial charge in [0.25, 0.3) is 10.0 Å². The highest BCUT2D eigenvalue weighted by molar-refractivity contribution is 7.92. The van der Waals surface area contributed by atoms with Crippen molar-refractivity contribution in [2.45, 2.75) is 57.6 Å². The van der Waals surface area contributed by atoms with Crippen molar-refractivity contribution in [3.63, 3.8) is 0 Å². The van der Waals surface area contributed by atoms with Crippen molar-refractivity contribution in [3.8, 4) is 11.5 Å². The lowest BCUT2D eigenvalue weighted by molar-refractivity contribution is -0.139. The fourth-order valence-corrected chi connectivity index (χ4v) is 5.93. The average Bonchev–Trinajstić information content (AvgIpc) is 2.98. The maximum atomic E-state index is 14.0. The van der Waals surface area contributed by atoms with E-state index in [1.807, 2.05) is 45.0 Å². The van der Waals surface area contributed by atoms with Crippen molar-refractivity contribution in [1.29, 1.82) is 0 Å². The molecule has 0 fully saturated rings. The van der Waals surface area contributed by atoms with Crippen molar-refractivity contribution in [2.24, 2.45) is 0 Å². The SMILES string of the molecule is CC[C@@H](C)NC(=O)[C@@H](C)N(Cc1cccc(C)c1)C(=O)CN(c1ccc(F)cc1)S(=O)(=O)c1ccc2c(c1)OCCO2. The summed E-state index contributed by atoms with van der Waals surface area (Å²) in [5.74, 6) is -0.834. The molecule has 0 saturated heterocycles. The van der Waals surface area contributed by atoms with Gasteiger partial charge in [0, 0.05) is 18.7 Å². The number of carbonyl (C=O) groups excluding carboxylic acids is 2. The number of carbonyl (C=O) groups is 2. The lowest BCUT2D eigenvalue weighted by Gasteiger charge is -2.32. The highest BCUT2D eigenvalue weighted by atomic mass is 32.2. The molecule has 9 nitrogen and oxygen atoms in total. The first kappa shape index (κ1) is 30.8. The minimum absolute atomic E-state index is 0.0803. The van der Waals surface area contributed by atoms with Gasteiger partial charge in [0.15, 0.2) is 11.5 Å². The number of hydrogen-bond acceptors (Lipinski definition) is 6. The van der Waals surface area contributed by atoms with Crippen LogP contribution in [0.25, 0.3) is 0 Å². The van der Waals surface area contributed by atoms with Gasteiger partial charge in [-0.2, -0.15) is 0 Å². The molecule has 42 heavy (non-hydrogen) atoms. The molecule has 0 saturated carbocycles. The summed E-state index contributed by atoms with van der Waals surface area (Å²) < 4.78 is 53.9. The molecule has 4 rings (SSSR count). The molecule has 0 aliphatic carbocycles. The molecule has 224 valence electrons. The summed E-state index contributed by atoms with van der Waals surface area (Å²) in [6.45, 7) is 7.40. The third-order valence-electron chi connectivity index (χ3n) is 7.10. The maximum Gasteiger partial charge on any atom is 0.264 e. The molecule has 2 amide bonds. The molecule has 1 heterocycles. The number of nitrogens with one attached hydrogen (secondary N) is 1. The van der Waals surface area contributed by atoms with Crippen LogP contribution in [0.5, 0.6) is 11.5 Å². The van der Waals surface area contributed by atoms with E-state index in [9.17, 15) is 22.4 Å². The number of rotatable bonds is 11. The molecule has 1 N–H and O–H groups in total.